The minimum absolute atomic E-state index is 0. The smallest absolute Gasteiger partial charge is 0.359 e. The molecule has 370 valence electrons. The van der Waals surface area contributed by atoms with Crippen LogP contribution in [0.4, 0.5) is 17.1 Å². The average molecular weight is 1140 g/mol. The van der Waals surface area contributed by atoms with Gasteiger partial charge < -0.3 is 14.0 Å². The predicted molar refractivity (Wildman–Crippen MR) is 314 cm³/mol. The maximum atomic E-state index is 4.02. The van der Waals surface area contributed by atoms with Gasteiger partial charge in [0.25, 0.3) is 0 Å². The molecule has 0 atom stereocenters. The summed E-state index contributed by atoms with van der Waals surface area (Å²) in [5.74, 6) is 0. The summed E-state index contributed by atoms with van der Waals surface area (Å²) >= 11 is 0. The molecule has 2 aromatic heterocycles. The number of anilines is 3. The van der Waals surface area contributed by atoms with Crippen LogP contribution < -0.4 is 21.3 Å². The summed E-state index contributed by atoms with van der Waals surface area (Å²) in [5.41, 5.74) is 27.6. The van der Waals surface area contributed by atoms with E-state index in [1.165, 1.54) is 133 Å². The molecule has 3 aliphatic rings. The van der Waals surface area contributed by atoms with E-state index in [4.69, 9.17) is 0 Å². The molecule has 0 saturated carbocycles. The van der Waals surface area contributed by atoms with E-state index in [2.05, 4.69) is 258 Å². The van der Waals surface area contributed by atoms with Gasteiger partial charge in [0.15, 0.2) is 6.71 Å². The average Bonchev–Trinajstić information content (AvgIpc) is 3.97. The number of aromatic nitrogens is 2. The van der Waals surface area contributed by atoms with Crippen LogP contribution >= 0.6 is 0 Å². The zero-order valence-corrected chi connectivity index (χ0v) is 48.9. The van der Waals surface area contributed by atoms with Crippen molar-refractivity contribution in [1.29, 1.82) is 0 Å². The first kappa shape index (κ1) is 48.8. The predicted octanol–water partition coefficient (Wildman–Crippen LogP) is 16.2. The number of para-hydroxylation sites is 1. The third-order valence-electron chi connectivity index (χ3n) is 17.3. The largest absolute Gasteiger partial charge is 2.00 e. The summed E-state index contributed by atoms with van der Waals surface area (Å²) in [5, 5.41) is 5.16. The van der Waals surface area contributed by atoms with Crippen LogP contribution in [-0.2, 0) is 46.9 Å². The van der Waals surface area contributed by atoms with Gasteiger partial charge in [-0.2, -0.15) is 42.0 Å². The number of nitrogens with zero attached hydrogens (tertiary/aromatic N) is 3. The van der Waals surface area contributed by atoms with Crippen LogP contribution in [0.25, 0.3) is 66.1 Å². The van der Waals surface area contributed by atoms with Gasteiger partial charge in [-0.1, -0.05) is 191 Å². The van der Waals surface area contributed by atoms with E-state index in [1.807, 2.05) is 0 Å². The first-order chi connectivity index (χ1) is 34.3. The maximum Gasteiger partial charge on any atom is 2.00 e. The standard InChI is InChI=1S/C69H68BN3.Os/c1-39-20-19-21-40(2)63(39)73-57-34-43(67(9,10)11)24-28-47(57)48-36-54-59(38-58(48)73)71(44-27-29-46-45-22-17-18-23-50(45)69(15,16)51(46)35-44)60-37-52(68(12,13)14)61-49-32-41(65(3,4)5)25-30-55(49)72-56-31-26-42(66(6,7)8)33-53(56)70(54)62(60)64(61)72;/h17-29,32-38H,1-16H3;/q-2;+2. The van der Waals surface area contributed by atoms with Crippen LogP contribution in [0, 0.1) is 26.0 Å². The van der Waals surface area contributed by atoms with Crippen LogP contribution in [-0.4, -0.2) is 15.8 Å². The molecule has 10 aromatic rings. The fourth-order valence-electron chi connectivity index (χ4n) is 13.3. The normalized spacial score (nSPS) is 14.7. The van der Waals surface area contributed by atoms with E-state index in [1.54, 1.807) is 0 Å². The molecule has 0 amide bonds. The second kappa shape index (κ2) is 15.7. The molecule has 0 radical (unpaired) electrons. The van der Waals surface area contributed by atoms with E-state index >= 15 is 0 Å². The molecule has 0 unspecified atom stereocenters. The van der Waals surface area contributed by atoms with Crippen LogP contribution in [0.15, 0.2) is 121 Å². The molecular weight excluding hydrogens is 1070 g/mol. The monoisotopic (exact) mass is 1140 g/mol. The van der Waals surface area contributed by atoms with Crippen molar-refractivity contribution < 1.29 is 19.8 Å². The van der Waals surface area contributed by atoms with Crippen molar-refractivity contribution in [2.45, 2.75) is 138 Å². The van der Waals surface area contributed by atoms with Crippen LogP contribution in [0.2, 0.25) is 0 Å². The third kappa shape index (κ3) is 6.73. The number of hydrogen-bond donors (Lipinski definition) is 0. The van der Waals surface area contributed by atoms with Crippen LogP contribution in [0.5, 0.6) is 0 Å². The molecule has 2 aliphatic heterocycles. The van der Waals surface area contributed by atoms with Gasteiger partial charge >= 0.3 is 19.8 Å². The zero-order valence-electron chi connectivity index (χ0n) is 46.3. The van der Waals surface area contributed by atoms with Crippen molar-refractivity contribution in [2.24, 2.45) is 0 Å². The summed E-state index contributed by atoms with van der Waals surface area (Å²) in [6.45, 7) is 37.5. The summed E-state index contributed by atoms with van der Waals surface area (Å²) in [6.07, 6.45) is 0. The number of fused-ring (bicyclic) bond motifs is 14. The summed E-state index contributed by atoms with van der Waals surface area (Å²) in [6, 6.07) is 55.8. The van der Waals surface area contributed by atoms with Crippen molar-refractivity contribution in [2.75, 3.05) is 4.90 Å². The van der Waals surface area contributed by atoms with Crippen molar-refractivity contribution >= 4 is 83.8 Å². The molecule has 0 N–H and O–H groups in total. The maximum absolute atomic E-state index is 4.02. The van der Waals surface area contributed by atoms with Crippen molar-refractivity contribution in [3.05, 3.63) is 178 Å². The molecule has 13 rings (SSSR count). The molecule has 5 heteroatoms. The molecule has 0 fully saturated rings. The Labute approximate surface area is 453 Å². The summed E-state index contributed by atoms with van der Waals surface area (Å²) < 4.78 is 5.17. The summed E-state index contributed by atoms with van der Waals surface area (Å²) in [4.78, 5) is 2.68. The van der Waals surface area contributed by atoms with Gasteiger partial charge in [0, 0.05) is 38.8 Å². The van der Waals surface area contributed by atoms with E-state index < -0.39 is 0 Å². The van der Waals surface area contributed by atoms with E-state index in [0.717, 1.165) is 11.2 Å². The van der Waals surface area contributed by atoms with E-state index in [9.17, 15) is 0 Å². The third-order valence-corrected chi connectivity index (χ3v) is 17.3. The van der Waals surface area contributed by atoms with Gasteiger partial charge in [0.2, 0.25) is 0 Å². The van der Waals surface area contributed by atoms with Crippen molar-refractivity contribution in [3.8, 4) is 22.5 Å². The number of benzene rings is 8. The number of aryl methyl sites for hydroxylation is 2. The van der Waals surface area contributed by atoms with Crippen molar-refractivity contribution in [1.82, 2.24) is 9.13 Å². The Morgan fingerprint density at radius 2 is 1.16 bits per heavy atom. The molecule has 0 bridgehead atoms. The molecule has 0 spiro atoms. The first-order valence-electron chi connectivity index (χ1n) is 26.7. The Kier molecular flexibility index (Phi) is 10.4. The Hall–Kier alpha value is -6.14. The topological polar surface area (TPSA) is 13.1 Å². The molecule has 74 heavy (non-hydrogen) atoms. The van der Waals surface area contributed by atoms with E-state index in [0.29, 0.717) is 0 Å². The molecule has 3 nitrogen and oxygen atoms in total. The fraction of sp³-hybridized carbons (Fsp3) is 0.304. The van der Waals surface area contributed by atoms with Gasteiger partial charge in [-0.25, -0.2) is 0 Å². The Balaban J connectivity index is 0.00000556. The van der Waals surface area contributed by atoms with Gasteiger partial charge in [0.1, 0.15) is 0 Å². The quantitative estimate of drug-likeness (QED) is 0.124. The molecule has 0 saturated heterocycles. The van der Waals surface area contributed by atoms with Gasteiger partial charge in [0.05, 0.1) is 16.7 Å². The number of rotatable bonds is 2. The number of hydrogen-bond acceptors (Lipinski definition) is 1. The molecule has 1 aliphatic carbocycles. The SMILES string of the molecule is Cc1cccc(C)c1-n1c2cc(C(C)(C)C)ccc2c2cc3c(cc21)N(c1ccc2c(c1)C(C)(C)c1ccccc1-2)c1cc(C(C)(C)C)c2c4cc(C(C)(C)C)c[c-]c4n4c2c1B3c1cc(C(C)(C)C)c[c-]c1-4.[Os+2]. The van der Waals surface area contributed by atoms with Crippen LogP contribution in [0.1, 0.15) is 141 Å². The van der Waals surface area contributed by atoms with Crippen LogP contribution in [0.3, 0.4) is 0 Å². The minimum atomic E-state index is -0.196. The minimum Gasteiger partial charge on any atom is -0.359 e. The second-order valence-corrected chi connectivity index (χ2v) is 26.7. The summed E-state index contributed by atoms with van der Waals surface area (Å²) in [7, 11) is 0. The first-order valence-corrected chi connectivity index (χ1v) is 26.7. The Bertz CT molecular complexity index is 4050. The van der Waals surface area contributed by atoms with E-state index in [-0.39, 0.29) is 53.6 Å². The molecule has 8 aromatic carbocycles. The Morgan fingerprint density at radius 1 is 0.514 bits per heavy atom. The van der Waals surface area contributed by atoms with Gasteiger partial charge in [-0.05, 0) is 110 Å². The molecule has 4 heterocycles. The Morgan fingerprint density at radius 3 is 1.85 bits per heavy atom. The fourth-order valence-corrected chi connectivity index (χ4v) is 13.3. The zero-order chi connectivity index (χ0) is 51.4. The van der Waals surface area contributed by atoms with Crippen molar-refractivity contribution in [3.63, 3.8) is 0 Å². The second-order valence-electron chi connectivity index (χ2n) is 26.7. The van der Waals surface area contributed by atoms with Gasteiger partial charge in [-0.3, -0.25) is 0 Å². The van der Waals surface area contributed by atoms with Gasteiger partial charge in [-0.15, -0.1) is 16.4 Å². The molecular formula is C69H68BN3Os.